The first-order valence-corrected chi connectivity index (χ1v) is 8.17. The minimum atomic E-state index is -4.33. The third-order valence-corrected chi connectivity index (χ3v) is 3.80. The first-order valence-electron chi connectivity index (χ1n) is 8.17. The van der Waals surface area contributed by atoms with Crippen molar-refractivity contribution in [1.29, 1.82) is 0 Å². The second-order valence-electron chi connectivity index (χ2n) is 7.19. The zero-order chi connectivity index (χ0) is 19.4. The van der Waals surface area contributed by atoms with Crippen molar-refractivity contribution < 1.29 is 22.7 Å². The van der Waals surface area contributed by atoms with Crippen molar-refractivity contribution in [3.63, 3.8) is 0 Å². The Hall–Kier alpha value is -1.76. The molecule has 1 rings (SSSR count). The van der Waals surface area contributed by atoms with Crippen LogP contribution in [0, 0.1) is 0 Å². The molecule has 1 N–H and O–H groups in total. The summed E-state index contributed by atoms with van der Waals surface area (Å²) in [4.78, 5) is 13.5. The Bertz CT molecular complexity index is 565. The fourth-order valence-electron chi connectivity index (χ4n) is 2.08. The fraction of sp³-hybridized carbons (Fsp3) is 0.611. The van der Waals surface area contributed by atoms with Crippen molar-refractivity contribution >= 4 is 6.09 Å². The van der Waals surface area contributed by atoms with Gasteiger partial charge in [0, 0.05) is 25.7 Å². The van der Waals surface area contributed by atoms with Crippen LogP contribution in [-0.2, 0) is 10.9 Å². The van der Waals surface area contributed by atoms with E-state index in [9.17, 15) is 18.0 Å². The average Bonchev–Trinajstić information content (AvgIpc) is 2.49. The molecule has 0 saturated heterocycles. The highest BCUT2D eigenvalue weighted by Crippen LogP contribution is 2.29. The number of hydrogen-bond acceptors (Lipinski definition) is 3. The molecule has 0 aliphatic rings. The van der Waals surface area contributed by atoms with E-state index < -0.39 is 23.4 Å². The fourth-order valence-corrected chi connectivity index (χ4v) is 2.08. The summed E-state index contributed by atoms with van der Waals surface area (Å²) in [5, 5.41) is 3.22. The number of carbonyl (C=O) groups excluding carboxylic acids is 1. The number of rotatable bonds is 5. The standard InChI is InChI=1S/C18H27F3N2O2/c1-12(23(6)16(24)25-17(3,4)5)11-22-13(2)14-7-9-15(10-8-14)18(19,20)21/h7-10,12-13,22H,11H2,1-6H3. The van der Waals surface area contributed by atoms with E-state index in [0.29, 0.717) is 6.54 Å². The number of ether oxygens (including phenoxy) is 1. The number of hydrogen-bond donors (Lipinski definition) is 1. The van der Waals surface area contributed by atoms with Crippen LogP contribution in [0.25, 0.3) is 0 Å². The molecule has 2 atom stereocenters. The van der Waals surface area contributed by atoms with Gasteiger partial charge in [0.25, 0.3) is 0 Å². The van der Waals surface area contributed by atoms with Gasteiger partial charge in [0.1, 0.15) is 5.60 Å². The van der Waals surface area contributed by atoms with E-state index >= 15 is 0 Å². The molecule has 25 heavy (non-hydrogen) atoms. The molecule has 1 aromatic carbocycles. The normalized spacial score (nSPS) is 14.8. The van der Waals surface area contributed by atoms with E-state index in [1.54, 1.807) is 27.8 Å². The van der Waals surface area contributed by atoms with Crippen molar-refractivity contribution in [3.8, 4) is 0 Å². The van der Waals surface area contributed by atoms with Crippen molar-refractivity contribution in [1.82, 2.24) is 10.2 Å². The maximum Gasteiger partial charge on any atom is 0.416 e. The molecule has 0 heterocycles. The number of alkyl halides is 3. The lowest BCUT2D eigenvalue weighted by Crippen LogP contribution is -2.44. The molecule has 0 bridgehead atoms. The van der Waals surface area contributed by atoms with Crippen LogP contribution in [0.5, 0.6) is 0 Å². The lowest BCUT2D eigenvalue weighted by atomic mass is 10.1. The van der Waals surface area contributed by atoms with Gasteiger partial charge in [-0.05, 0) is 52.3 Å². The van der Waals surface area contributed by atoms with Gasteiger partial charge in [0.15, 0.2) is 0 Å². The van der Waals surface area contributed by atoms with Crippen LogP contribution in [0.3, 0.4) is 0 Å². The molecule has 142 valence electrons. The highest BCUT2D eigenvalue weighted by molar-refractivity contribution is 5.68. The van der Waals surface area contributed by atoms with Crippen LogP contribution in [0.1, 0.15) is 51.8 Å². The lowest BCUT2D eigenvalue weighted by molar-refractivity contribution is -0.137. The summed E-state index contributed by atoms with van der Waals surface area (Å²) in [5.74, 6) is 0. The van der Waals surface area contributed by atoms with E-state index in [1.165, 1.54) is 17.0 Å². The summed E-state index contributed by atoms with van der Waals surface area (Å²) in [6.45, 7) is 9.62. The molecule has 1 amide bonds. The zero-order valence-electron chi connectivity index (χ0n) is 15.6. The Morgan fingerprint density at radius 1 is 1.16 bits per heavy atom. The predicted octanol–water partition coefficient (Wildman–Crippen LogP) is 4.61. The van der Waals surface area contributed by atoms with Crippen molar-refractivity contribution in [2.45, 2.75) is 58.5 Å². The maximum atomic E-state index is 12.6. The van der Waals surface area contributed by atoms with Gasteiger partial charge in [-0.2, -0.15) is 13.2 Å². The molecule has 1 aromatic rings. The number of nitrogens with one attached hydrogen (secondary N) is 1. The molecule has 7 heteroatoms. The van der Waals surface area contributed by atoms with Gasteiger partial charge in [0.05, 0.1) is 5.56 Å². The molecule has 0 aromatic heterocycles. The highest BCUT2D eigenvalue weighted by Gasteiger charge is 2.30. The van der Waals surface area contributed by atoms with Crippen LogP contribution >= 0.6 is 0 Å². The molecule has 2 unspecified atom stereocenters. The van der Waals surface area contributed by atoms with E-state index in [0.717, 1.165) is 17.7 Å². The van der Waals surface area contributed by atoms with Crippen molar-refractivity contribution in [3.05, 3.63) is 35.4 Å². The maximum absolute atomic E-state index is 12.6. The Morgan fingerprint density at radius 2 is 1.68 bits per heavy atom. The molecule has 0 spiro atoms. The number of likely N-dealkylation sites (N-methyl/N-ethyl adjacent to an activating group) is 1. The quantitative estimate of drug-likeness (QED) is 0.834. The van der Waals surface area contributed by atoms with Crippen molar-refractivity contribution in [2.24, 2.45) is 0 Å². The van der Waals surface area contributed by atoms with Gasteiger partial charge in [-0.1, -0.05) is 12.1 Å². The Morgan fingerprint density at radius 3 is 2.12 bits per heavy atom. The van der Waals surface area contributed by atoms with E-state index in [4.69, 9.17) is 4.74 Å². The van der Waals surface area contributed by atoms with Crippen molar-refractivity contribution in [2.75, 3.05) is 13.6 Å². The van der Waals surface area contributed by atoms with Crippen LogP contribution in [0.2, 0.25) is 0 Å². The van der Waals surface area contributed by atoms with Gasteiger partial charge >= 0.3 is 12.3 Å². The minimum Gasteiger partial charge on any atom is -0.444 e. The lowest BCUT2D eigenvalue weighted by Gasteiger charge is -2.29. The first-order chi connectivity index (χ1) is 11.3. The second kappa shape index (κ2) is 8.08. The number of amides is 1. The van der Waals surface area contributed by atoms with Gasteiger partial charge in [0.2, 0.25) is 0 Å². The summed E-state index contributed by atoms with van der Waals surface area (Å²) < 4.78 is 43.1. The summed E-state index contributed by atoms with van der Waals surface area (Å²) in [5.41, 5.74) is -0.479. The Labute approximate surface area is 147 Å². The predicted molar refractivity (Wildman–Crippen MR) is 91.3 cm³/mol. The topological polar surface area (TPSA) is 41.6 Å². The Balaban J connectivity index is 2.57. The molecule has 0 fully saturated rings. The molecule has 0 aliphatic carbocycles. The number of nitrogens with zero attached hydrogens (tertiary/aromatic N) is 1. The summed E-state index contributed by atoms with van der Waals surface area (Å²) in [6, 6.07) is 4.79. The SMILES string of the molecule is CC(NCC(C)N(C)C(=O)OC(C)(C)C)c1ccc(C(F)(F)F)cc1. The number of halogens is 3. The van der Waals surface area contributed by atoms with E-state index in [2.05, 4.69) is 5.32 Å². The molecule has 4 nitrogen and oxygen atoms in total. The zero-order valence-corrected chi connectivity index (χ0v) is 15.6. The van der Waals surface area contributed by atoms with Crippen LogP contribution < -0.4 is 5.32 Å². The first kappa shape index (κ1) is 21.3. The average molecular weight is 360 g/mol. The third kappa shape index (κ3) is 6.94. The van der Waals surface area contributed by atoms with E-state index in [1.807, 2.05) is 13.8 Å². The number of carbonyl (C=O) groups is 1. The molecular formula is C18H27F3N2O2. The molecule has 0 aliphatic heterocycles. The van der Waals surface area contributed by atoms with Gasteiger partial charge in [-0.25, -0.2) is 4.79 Å². The van der Waals surface area contributed by atoms with Gasteiger partial charge in [-0.15, -0.1) is 0 Å². The second-order valence-corrected chi connectivity index (χ2v) is 7.19. The van der Waals surface area contributed by atoms with Gasteiger partial charge in [-0.3, -0.25) is 0 Å². The summed E-state index contributed by atoms with van der Waals surface area (Å²) >= 11 is 0. The van der Waals surface area contributed by atoms with Crippen LogP contribution in [-0.4, -0.2) is 36.2 Å². The van der Waals surface area contributed by atoms with Crippen LogP contribution in [0.4, 0.5) is 18.0 Å². The number of benzene rings is 1. The third-order valence-electron chi connectivity index (χ3n) is 3.80. The highest BCUT2D eigenvalue weighted by atomic mass is 19.4. The minimum absolute atomic E-state index is 0.133. The molecular weight excluding hydrogens is 333 g/mol. The Kier molecular flexibility index (Phi) is 6.88. The smallest absolute Gasteiger partial charge is 0.416 e. The summed E-state index contributed by atoms with van der Waals surface area (Å²) in [6.07, 6.45) is -4.75. The summed E-state index contributed by atoms with van der Waals surface area (Å²) in [7, 11) is 1.66. The monoisotopic (exact) mass is 360 g/mol. The molecule has 0 saturated carbocycles. The van der Waals surface area contributed by atoms with Gasteiger partial charge < -0.3 is 15.0 Å². The largest absolute Gasteiger partial charge is 0.444 e. The van der Waals surface area contributed by atoms with E-state index in [-0.39, 0.29) is 12.1 Å². The van der Waals surface area contributed by atoms with Crippen LogP contribution in [0.15, 0.2) is 24.3 Å². The molecule has 0 radical (unpaired) electrons.